The smallest absolute Gasteiger partial charge is 0.225 e. The highest BCUT2D eigenvalue weighted by molar-refractivity contribution is 5.83. The van der Waals surface area contributed by atoms with Crippen molar-refractivity contribution in [2.75, 3.05) is 13.2 Å². The Kier molecular flexibility index (Phi) is 4.73. The molecule has 1 aliphatic heterocycles. The van der Waals surface area contributed by atoms with E-state index in [1.54, 1.807) is 0 Å². The van der Waals surface area contributed by atoms with E-state index in [1.165, 1.54) is 0 Å². The van der Waals surface area contributed by atoms with Gasteiger partial charge in [0.15, 0.2) is 0 Å². The van der Waals surface area contributed by atoms with Crippen LogP contribution >= 0.6 is 0 Å². The highest BCUT2D eigenvalue weighted by Crippen LogP contribution is 2.12. The number of piperidine rings is 1. The monoisotopic (exact) mass is 228 g/mol. The predicted octanol–water partition coefficient (Wildman–Crippen LogP) is -0.354. The highest BCUT2D eigenvalue weighted by Gasteiger charge is 2.26. The number of carbonyl (C=O) groups excluding carboxylic acids is 2. The van der Waals surface area contributed by atoms with Crippen molar-refractivity contribution in [1.82, 2.24) is 10.6 Å². The molecule has 0 aromatic rings. The van der Waals surface area contributed by atoms with Gasteiger partial charge in [-0.3, -0.25) is 9.59 Å². The van der Waals surface area contributed by atoms with E-state index in [9.17, 15) is 9.59 Å². The number of hydrogen-bond donors (Lipinski definition) is 3. The molecule has 2 unspecified atom stereocenters. The van der Waals surface area contributed by atoms with E-state index < -0.39 is 0 Å². The molecule has 16 heavy (non-hydrogen) atoms. The first-order valence-electron chi connectivity index (χ1n) is 5.72. The lowest BCUT2D eigenvalue weighted by molar-refractivity contribution is -0.129. The normalized spacial score (nSPS) is 22.8. The average Bonchev–Trinajstić information content (AvgIpc) is 2.26. The lowest BCUT2D eigenvalue weighted by Gasteiger charge is -2.26. The third-order valence-electron chi connectivity index (χ3n) is 2.97. The maximum Gasteiger partial charge on any atom is 0.225 e. The minimum absolute atomic E-state index is 0.00613. The van der Waals surface area contributed by atoms with Crippen LogP contribution in [0.2, 0.25) is 0 Å². The summed E-state index contributed by atoms with van der Waals surface area (Å²) in [6.07, 6.45) is 0.997. The SMILES string of the molecule is CC(C)C(CO)NC(=O)C1CCC(=O)NC1. The molecule has 2 amide bonds. The Morgan fingerprint density at radius 3 is 2.75 bits per heavy atom. The van der Waals surface area contributed by atoms with Gasteiger partial charge in [0, 0.05) is 13.0 Å². The van der Waals surface area contributed by atoms with Gasteiger partial charge in [-0.05, 0) is 12.3 Å². The van der Waals surface area contributed by atoms with Gasteiger partial charge in [-0.1, -0.05) is 13.8 Å². The number of aliphatic hydroxyl groups excluding tert-OH is 1. The van der Waals surface area contributed by atoms with Crippen LogP contribution in [0.3, 0.4) is 0 Å². The van der Waals surface area contributed by atoms with Crippen LogP contribution in [0.4, 0.5) is 0 Å². The summed E-state index contributed by atoms with van der Waals surface area (Å²) in [6, 6.07) is -0.204. The van der Waals surface area contributed by atoms with Crippen LogP contribution in [-0.4, -0.2) is 36.1 Å². The van der Waals surface area contributed by atoms with Gasteiger partial charge >= 0.3 is 0 Å². The van der Waals surface area contributed by atoms with Crippen molar-refractivity contribution >= 4 is 11.8 Å². The summed E-state index contributed by atoms with van der Waals surface area (Å²) >= 11 is 0. The zero-order chi connectivity index (χ0) is 12.1. The van der Waals surface area contributed by atoms with Crippen molar-refractivity contribution in [3.05, 3.63) is 0 Å². The molecule has 1 rings (SSSR count). The van der Waals surface area contributed by atoms with Crippen LogP contribution in [0, 0.1) is 11.8 Å². The van der Waals surface area contributed by atoms with Gasteiger partial charge in [-0.2, -0.15) is 0 Å². The molecule has 1 saturated heterocycles. The molecular weight excluding hydrogens is 208 g/mol. The topological polar surface area (TPSA) is 78.4 Å². The summed E-state index contributed by atoms with van der Waals surface area (Å²) in [5.74, 6) is -0.0306. The van der Waals surface area contributed by atoms with Crippen LogP contribution < -0.4 is 10.6 Å². The van der Waals surface area contributed by atoms with Crippen LogP contribution in [-0.2, 0) is 9.59 Å². The standard InChI is InChI=1S/C11H20N2O3/c1-7(2)9(6-14)13-11(16)8-3-4-10(15)12-5-8/h7-9,14H,3-6H2,1-2H3,(H,12,15)(H,13,16). The number of hydrogen-bond acceptors (Lipinski definition) is 3. The average molecular weight is 228 g/mol. The maximum absolute atomic E-state index is 11.8. The molecule has 0 aliphatic carbocycles. The van der Waals surface area contributed by atoms with Crippen molar-refractivity contribution < 1.29 is 14.7 Å². The Hall–Kier alpha value is -1.10. The van der Waals surface area contributed by atoms with Crippen LogP contribution in [0.25, 0.3) is 0 Å². The van der Waals surface area contributed by atoms with Gasteiger partial charge in [0.1, 0.15) is 0 Å². The Bertz CT molecular complexity index is 256. The summed E-state index contributed by atoms with van der Waals surface area (Å²) in [6.45, 7) is 4.25. The fraction of sp³-hybridized carbons (Fsp3) is 0.818. The summed E-state index contributed by atoms with van der Waals surface area (Å²) in [4.78, 5) is 22.7. The second-order valence-electron chi connectivity index (χ2n) is 4.58. The number of nitrogens with one attached hydrogen (secondary N) is 2. The van der Waals surface area contributed by atoms with E-state index in [1.807, 2.05) is 13.8 Å². The second-order valence-corrected chi connectivity index (χ2v) is 4.58. The lowest BCUT2D eigenvalue weighted by atomic mass is 9.97. The first-order valence-corrected chi connectivity index (χ1v) is 5.72. The first kappa shape index (κ1) is 13.0. The van der Waals surface area contributed by atoms with Crippen molar-refractivity contribution in [3.63, 3.8) is 0 Å². The second kappa shape index (κ2) is 5.84. The Morgan fingerprint density at radius 1 is 1.62 bits per heavy atom. The molecule has 0 bridgehead atoms. The third kappa shape index (κ3) is 3.48. The fourth-order valence-electron chi connectivity index (χ4n) is 1.68. The predicted molar refractivity (Wildman–Crippen MR) is 59.6 cm³/mol. The minimum atomic E-state index is -0.204. The van der Waals surface area contributed by atoms with Gasteiger partial charge in [-0.15, -0.1) is 0 Å². The molecule has 5 nitrogen and oxygen atoms in total. The van der Waals surface area contributed by atoms with E-state index in [0.717, 1.165) is 0 Å². The van der Waals surface area contributed by atoms with E-state index in [0.29, 0.717) is 19.4 Å². The molecule has 3 N–H and O–H groups in total. The van der Waals surface area contributed by atoms with Crippen LogP contribution in [0.5, 0.6) is 0 Å². The quantitative estimate of drug-likeness (QED) is 0.615. The van der Waals surface area contributed by atoms with E-state index in [-0.39, 0.29) is 36.3 Å². The number of amides is 2. The van der Waals surface area contributed by atoms with Crippen LogP contribution in [0.15, 0.2) is 0 Å². The molecule has 2 atom stereocenters. The molecule has 0 aromatic heterocycles. The molecular formula is C11H20N2O3. The van der Waals surface area contributed by atoms with Crippen LogP contribution in [0.1, 0.15) is 26.7 Å². The third-order valence-corrected chi connectivity index (χ3v) is 2.97. The Balaban J connectivity index is 2.42. The molecule has 1 aliphatic rings. The van der Waals surface area contributed by atoms with E-state index in [4.69, 9.17) is 5.11 Å². The molecule has 5 heteroatoms. The molecule has 0 saturated carbocycles. The van der Waals surface area contributed by atoms with Gasteiger partial charge < -0.3 is 15.7 Å². The number of carbonyl (C=O) groups is 2. The Labute approximate surface area is 95.6 Å². The van der Waals surface area contributed by atoms with Crippen molar-refractivity contribution in [3.8, 4) is 0 Å². The summed E-state index contributed by atoms with van der Waals surface area (Å²) in [5, 5.41) is 14.6. The van der Waals surface area contributed by atoms with Crippen molar-refractivity contribution in [2.24, 2.45) is 11.8 Å². The van der Waals surface area contributed by atoms with Crippen molar-refractivity contribution in [1.29, 1.82) is 0 Å². The van der Waals surface area contributed by atoms with Gasteiger partial charge in [0.05, 0.1) is 18.6 Å². The lowest BCUT2D eigenvalue weighted by Crippen LogP contribution is -2.48. The summed E-state index contributed by atoms with van der Waals surface area (Å²) in [5.41, 5.74) is 0. The van der Waals surface area contributed by atoms with E-state index in [2.05, 4.69) is 10.6 Å². The first-order chi connectivity index (χ1) is 7.54. The fourth-order valence-corrected chi connectivity index (χ4v) is 1.68. The molecule has 0 aromatic carbocycles. The highest BCUT2D eigenvalue weighted by atomic mass is 16.3. The number of aliphatic hydroxyl groups is 1. The largest absolute Gasteiger partial charge is 0.394 e. The molecule has 0 spiro atoms. The maximum atomic E-state index is 11.8. The zero-order valence-electron chi connectivity index (χ0n) is 9.82. The number of rotatable bonds is 4. The van der Waals surface area contributed by atoms with E-state index >= 15 is 0 Å². The Morgan fingerprint density at radius 2 is 2.31 bits per heavy atom. The summed E-state index contributed by atoms with van der Waals surface area (Å²) < 4.78 is 0. The molecule has 1 heterocycles. The van der Waals surface area contributed by atoms with Gasteiger partial charge in [0.25, 0.3) is 0 Å². The molecule has 92 valence electrons. The van der Waals surface area contributed by atoms with Gasteiger partial charge in [-0.25, -0.2) is 0 Å². The van der Waals surface area contributed by atoms with Crippen molar-refractivity contribution in [2.45, 2.75) is 32.7 Å². The van der Waals surface area contributed by atoms with Gasteiger partial charge in [0.2, 0.25) is 11.8 Å². The molecule has 1 fully saturated rings. The summed E-state index contributed by atoms with van der Waals surface area (Å²) in [7, 11) is 0. The zero-order valence-corrected chi connectivity index (χ0v) is 9.82. The molecule has 0 radical (unpaired) electrons. The minimum Gasteiger partial charge on any atom is -0.394 e.